The lowest BCUT2D eigenvalue weighted by molar-refractivity contribution is 0.354. The molecule has 1 heterocycles. The van der Waals surface area contributed by atoms with E-state index in [0.717, 1.165) is 12.0 Å². The number of nitrogens with one attached hydrogen (secondary N) is 2. The third-order valence-corrected chi connectivity index (χ3v) is 4.01. The molecule has 0 fully saturated rings. The van der Waals surface area contributed by atoms with Crippen molar-refractivity contribution < 1.29 is 9.47 Å². The number of nitrogens with zero attached hydrogens (tertiary/aromatic N) is 4. The van der Waals surface area contributed by atoms with Gasteiger partial charge in [-0.25, -0.2) is 0 Å². The molecule has 142 valence electrons. The first-order valence-electron chi connectivity index (χ1n) is 8.64. The van der Waals surface area contributed by atoms with Crippen molar-refractivity contribution in [2.24, 2.45) is 0 Å². The minimum absolute atomic E-state index is 0.403. The lowest BCUT2D eigenvalue weighted by Gasteiger charge is -2.10. The quantitative estimate of drug-likeness (QED) is 0.618. The van der Waals surface area contributed by atoms with Gasteiger partial charge in [0, 0.05) is 6.54 Å². The Morgan fingerprint density at radius 2 is 1.89 bits per heavy atom. The first kappa shape index (κ1) is 18.9. The van der Waals surface area contributed by atoms with Crippen molar-refractivity contribution in [2.75, 3.05) is 31.4 Å². The first-order valence-corrected chi connectivity index (χ1v) is 8.64. The van der Waals surface area contributed by atoms with Crippen LogP contribution in [0.25, 0.3) is 0 Å². The molecule has 0 saturated carbocycles. The molecule has 2 aromatic carbocycles. The molecule has 0 bridgehead atoms. The largest absolute Gasteiger partial charge is 0.493 e. The molecule has 0 unspecified atom stereocenters. The van der Waals surface area contributed by atoms with Crippen LogP contribution in [0.15, 0.2) is 48.7 Å². The summed E-state index contributed by atoms with van der Waals surface area (Å²) in [6.45, 7) is 0.620. The second kappa shape index (κ2) is 9.19. The van der Waals surface area contributed by atoms with Crippen molar-refractivity contribution in [3.63, 3.8) is 0 Å². The Hall–Kier alpha value is -3.86. The highest BCUT2D eigenvalue weighted by Crippen LogP contribution is 2.27. The zero-order valence-corrected chi connectivity index (χ0v) is 15.6. The van der Waals surface area contributed by atoms with Gasteiger partial charge in [0.05, 0.1) is 31.7 Å². The topological polar surface area (TPSA) is 105 Å². The van der Waals surface area contributed by atoms with Crippen molar-refractivity contribution in [3.05, 3.63) is 59.8 Å². The van der Waals surface area contributed by atoms with Gasteiger partial charge in [-0.2, -0.15) is 15.3 Å². The van der Waals surface area contributed by atoms with Crippen LogP contribution in [0.5, 0.6) is 11.5 Å². The molecule has 0 aliphatic carbocycles. The van der Waals surface area contributed by atoms with Gasteiger partial charge >= 0.3 is 0 Å². The van der Waals surface area contributed by atoms with Crippen molar-refractivity contribution in [3.8, 4) is 17.6 Å². The lowest BCUT2D eigenvalue weighted by Crippen LogP contribution is -2.10. The summed E-state index contributed by atoms with van der Waals surface area (Å²) in [6, 6.07) is 15.1. The summed E-state index contributed by atoms with van der Waals surface area (Å²) >= 11 is 0. The number of anilines is 3. The molecule has 1 aromatic heterocycles. The fourth-order valence-corrected chi connectivity index (χ4v) is 2.62. The number of methoxy groups -OCH3 is 2. The Bertz CT molecular complexity index is 986. The van der Waals surface area contributed by atoms with E-state index in [1.165, 1.54) is 6.20 Å². The maximum absolute atomic E-state index is 9.18. The predicted octanol–water partition coefficient (Wildman–Crippen LogP) is 3.16. The molecule has 0 aliphatic rings. The van der Waals surface area contributed by atoms with Gasteiger partial charge in [-0.3, -0.25) is 0 Å². The number of rotatable bonds is 8. The zero-order valence-electron chi connectivity index (χ0n) is 15.6. The number of hydrogen-bond donors (Lipinski definition) is 2. The van der Waals surface area contributed by atoms with Gasteiger partial charge in [-0.15, -0.1) is 5.10 Å². The molecule has 28 heavy (non-hydrogen) atoms. The Morgan fingerprint density at radius 1 is 1.07 bits per heavy atom. The molecular weight excluding hydrogens is 356 g/mol. The van der Waals surface area contributed by atoms with Gasteiger partial charge in [-0.1, -0.05) is 18.2 Å². The Kier molecular flexibility index (Phi) is 6.21. The number of benzene rings is 2. The van der Waals surface area contributed by atoms with Gasteiger partial charge in [-0.05, 0) is 36.2 Å². The van der Waals surface area contributed by atoms with Crippen molar-refractivity contribution >= 4 is 17.5 Å². The first-order chi connectivity index (χ1) is 13.7. The van der Waals surface area contributed by atoms with E-state index in [9.17, 15) is 5.26 Å². The summed E-state index contributed by atoms with van der Waals surface area (Å²) in [5.74, 6) is 2.30. The SMILES string of the molecule is COc1ccc(CCNc2nncc(Nc3ccccc3C#N)n2)cc1OC. The Labute approximate surface area is 163 Å². The Balaban J connectivity index is 1.61. The fraction of sp³-hybridized carbons (Fsp3) is 0.200. The standard InChI is InChI=1S/C20H20N6O2/c1-27-17-8-7-14(11-18(17)28-2)9-10-22-20-25-19(13-23-26-20)24-16-6-4-3-5-15(16)12-21/h3-8,11,13H,9-10H2,1-2H3,(H2,22,24,25,26). The maximum Gasteiger partial charge on any atom is 0.244 e. The molecule has 8 heteroatoms. The van der Waals surface area contributed by atoms with Crippen LogP contribution in [0.4, 0.5) is 17.5 Å². The number of nitriles is 1. The minimum Gasteiger partial charge on any atom is -0.493 e. The molecule has 0 radical (unpaired) electrons. The molecule has 3 aromatic rings. The third kappa shape index (κ3) is 4.65. The summed E-state index contributed by atoms with van der Waals surface area (Å²) in [4.78, 5) is 4.39. The van der Waals surface area contributed by atoms with Gasteiger partial charge in [0.15, 0.2) is 17.3 Å². The van der Waals surface area contributed by atoms with E-state index in [1.54, 1.807) is 20.3 Å². The van der Waals surface area contributed by atoms with Crippen LogP contribution in [0.2, 0.25) is 0 Å². The molecule has 0 saturated heterocycles. The molecule has 0 atom stereocenters. The molecule has 3 rings (SSSR count). The van der Waals surface area contributed by atoms with E-state index < -0.39 is 0 Å². The summed E-state index contributed by atoms with van der Waals surface area (Å²) < 4.78 is 10.6. The Morgan fingerprint density at radius 3 is 2.68 bits per heavy atom. The second-order valence-electron chi connectivity index (χ2n) is 5.81. The van der Waals surface area contributed by atoms with Gasteiger partial charge in [0.1, 0.15) is 6.07 Å². The van der Waals surface area contributed by atoms with E-state index in [0.29, 0.717) is 41.1 Å². The van der Waals surface area contributed by atoms with Gasteiger partial charge in [0.25, 0.3) is 0 Å². The van der Waals surface area contributed by atoms with Gasteiger partial charge < -0.3 is 20.1 Å². The van der Waals surface area contributed by atoms with E-state index in [2.05, 4.69) is 31.9 Å². The van der Waals surface area contributed by atoms with Crippen LogP contribution in [-0.4, -0.2) is 35.9 Å². The van der Waals surface area contributed by atoms with Crippen molar-refractivity contribution in [1.29, 1.82) is 5.26 Å². The average molecular weight is 376 g/mol. The third-order valence-electron chi connectivity index (χ3n) is 4.01. The highest BCUT2D eigenvalue weighted by atomic mass is 16.5. The minimum atomic E-state index is 0.403. The molecule has 0 spiro atoms. The second-order valence-corrected chi connectivity index (χ2v) is 5.81. The number of para-hydroxylation sites is 1. The number of hydrogen-bond acceptors (Lipinski definition) is 8. The average Bonchev–Trinajstić information content (AvgIpc) is 2.74. The van der Waals surface area contributed by atoms with Crippen LogP contribution in [0, 0.1) is 11.3 Å². The predicted molar refractivity (Wildman–Crippen MR) is 106 cm³/mol. The van der Waals surface area contributed by atoms with E-state index in [1.807, 2.05) is 36.4 Å². The maximum atomic E-state index is 9.18. The van der Waals surface area contributed by atoms with Crippen LogP contribution in [0.3, 0.4) is 0 Å². The van der Waals surface area contributed by atoms with E-state index in [-0.39, 0.29) is 0 Å². The summed E-state index contributed by atoms with van der Waals surface area (Å²) in [5, 5.41) is 23.4. The highest BCUT2D eigenvalue weighted by molar-refractivity contribution is 5.64. The van der Waals surface area contributed by atoms with Gasteiger partial charge in [0.2, 0.25) is 5.95 Å². The normalized spacial score (nSPS) is 10.0. The summed E-state index contributed by atoms with van der Waals surface area (Å²) in [7, 11) is 3.22. The van der Waals surface area contributed by atoms with Crippen LogP contribution < -0.4 is 20.1 Å². The molecule has 0 aliphatic heterocycles. The number of aromatic nitrogens is 3. The lowest BCUT2D eigenvalue weighted by atomic mass is 10.1. The van der Waals surface area contributed by atoms with E-state index >= 15 is 0 Å². The smallest absolute Gasteiger partial charge is 0.244 e. The monoisotopic (exact) mass is 376 g/mol. The summed E-state index contributed by atoms with van der Waals surface area (Å²) in [6.07, 6.45) is 2.26. The van der Waals surface area contributed by atoms with Crippen LogP contribution in [0.1, 0.15) is 11.1 Å². The zero-order chi connectivity index (χ0) is 19.8. The molecule has 0 amide bonds. The molecule has 8 nitrogen and oxygen atoms in total. The van der Waals surface area contributed by atoms with Crippen LogP contribution >= 0.6 is 0 Å². The molecular formula is C20H20N6O2. The fourth-order valence-electron chi connectivity index (χ4n) is 2.62. The van der Waals surface area contributed by atoms with Crippen molar-refractivity contribution in [2.45, 2.75) is 6.42 Å². The van der Waals surface area contributed by atoms with E-state index in [4.69, 9.17) is 9.47 Å². The highest BCUT2D eigenvalue weighted by Gasteiger charge is 2.06. The molecule has 2 N–H and O–H groups in total. The van der Waals surface area contributed by atoms with Crippen molar-refractivity contribution in [1.82, 2.24) is 15.2 Å². The van der Waals surface area contributed by atoms with Crippen LogP contribution in [-0.2, 0) is 6.42 Å². The number of ether oxygens (including phenoxy) is 2. The summed E-state index contributed by atoms with van der Waals surface area (Å²) in [5.41, 5.74) is 2.29.